The van der Waals surface area contributed by atoms with Gasteiger partial charge in [0.2, 0.25) is 10.0 Å². The number of primary sulfonamides is 1. The van der Waals surface area contributed by atoms with Gasteiger partial charge in [-0.3, -0.25) is 0 Å². The van der Waals surface area contributed by atoms with Crippen molar-refractivity contribution in [2.75, 3.05) is 19.1 Å². The Kier molecular flexibility index (Phi) is 5.05. The summed E-state index contributed by atoms with van der Waals surface area (Å²) in [7, 11) is -0.250. The second kappa shape index (κ2) is 6.64. The standard InChI is InChI=1S/C14H16BrN3O3S/c1-18(9-10-7-11(15)3-5-13(10)21-2)14-6-4-12(8-17-14)22(16,19)20/h3-8H,9H2,1-2H3,(H2,16,19,20). The van der Waals surface area contributed by atoms with Gasteiger partial charge in [-0.05, 0) is 30.3 Å². The highest BCUT2D eigenvalue weighted by Crippen LogP contribution is 2.25. The van der Waals surface area contributed by atoms with E-state index in [0.29, 0.717) is 12.4 Å². The molecule has 118 valence electrons. The van der Waals surface area contributed by atoms with Gasteiger partial charge in [-0.15, -0.1) is 0 Å². The first-order chi connectivity index (χ1) is 10.3. The van der Waals surface area contributed by atoms with Crippen molar-refractivity contribution in [2.45, 2.75) is 11.4 Å². The molecule has 8 heteroatoms. The summed E-state index contributed by atoms with van der Waals surface area (Å²) in [5.41, 5.74) is 0.983. The molecule has 0 atom stereocenters. The van der Waals surface area contributed by atoms with Crippen LogP contribution in [0.2, 0.25) is 0 Å². The van der Waals surface area contributed by atoms with Crippen molar-refractivity contribution in [2.24, 2.45) is 5.14 Å². The van der Waals surface area contributed by atoms with Crippen molar-refractivity contribution in [3.05, 3.63) is 46.6 Å². The first-order valence-corrected chi connectivity index (χ1v) is 8.67. The molecule has 0 saturated heterocycles. The van der Waals surface area contributed by atoms with Crippen LogP contribution < -0.4 is 14.8 Å². The average molecular weight is 386 g/mol. The molecule has 0 aliphatic rings. The summed E-state index contributed by atoms with van der Waals surface area (Å²) < 4.78 is 28.7. The van der Waals surface area contributed by atoms with Crippen LogP contribution in [0, 0.1) is 0 Å². The van der Waals surface area contributed by atoms with Gasteiger partial charge in [-0.2, -0.15) is 0 Å². The molecule has 0 spiro atoms. The number of benzene rings is 1. The van der Waals surface area contributed by atoms with Gasteiger partial charge in [-0.1, -0.05) is 15.9 Å². The third-order valence-corrected chi connectivity index (χ3v) is 4.48. The summed E-state index contributed by atoms with van der Waals surface area (Å²) in [5.74, 6) is 1.41. The van der Waals surface area contributed by atoms with E-state index < -0.39 is 10.0 Å². The number of anilines is 1. The molecule has 0 bridgehead atoms. The van der Waals surface area contributed by atoms with Crippen molar-refractivity contribution in [3.8, 4) is 5.75 Å². The lowest BCUT2D eigenvalue weighted by atomic mass is 10.2. The third kappa shape index (κ3) is 3.96. The Labute approximate surface area is 138 Å². The van der Waals surface area contributed by atoms with Crippen LogP contribution in [0.4, 0.5) is 5.82 Å². The Balaban J connectivity index is 2.22. The fourth-order valence-corrected chi connectivity index (χ4v) is 2.84. The molecule has 1 heterocycles. The SMILES string of the molecule is COc1ccc(Br)cc1CN(C)c1ccc(S(N)(=O)=O)cn1. The molecule has 2 rings (SSSR count). The fraction of sp³-hybridized carbons (Fsp3) is 0.214. The van der Waals surface area contributed by atoms with Gasteiger partial charge >= 0.3 is 0 Å². The Bertz CT molecular complexity index is 763. The topological polar surface area (TPSA) is 85.5 Å². The molecule has 0 unspecified atom stereocenters. The average Bonchev–Trinajstić information content (AvgIpc) is 2.46. The Morgan fingerprint density at radius 1 is 1.32 bits per heavy atom. The van der Waals surface area contributed by atoms with Gasteiger partial charge in [-0.25, -0.2) is 18.5 Å². The summed E-state index contributed by atoms with van der Waals surface area (Å²) in [6.07, 6.45) is 1.25. The van der Waals surface area contributed by atoms with Gasteiger partial charge < -0.3 is 9.64 Å². The molecule has 22 heavy (non-hydrogen) atoms. The molecule has 2 N–H and O–H groups in total. The maximum absolute atomic E-state index is 11.2. The lowest BCUT2D eigenvalue weighted by Gasteiger charge is -2.20. The van der Waals surface area contributed by atoms with Gasteiger partial charge in [0.1, 0.15) is 16.5 Å². The van der Waals surface area contributed by atoms with Crippen LogP contribution >= 0.6 is 15.9 Å². The highest BCUT2D eigenvalue weighted by Gasteiger charge is 2.11. The quantitative estimate of drug-likeness (QED) is 0.851. The minimum absolute atomic E-state index is 0.00955. The summed E-state index contributed by atoms with van der Waals surface area (Å²) in [4.78, 5) is 6.01. The third-order valence-electron chi connectivity index (χ3n) is 3.09. The summed E-state index contributed by atoms with van der Waals surface area (Å²) in [6.45, 7) is 0.560. The van der Waals surface area contributed by atoms with Crippen LogP contribution in [0.15, 0.2) is 45.9 Å². The number of hydrogen-bond acceptors (Lipinski definition) is 5. The van der Waals surface area contributed by atoms with Crippen molar-refractivity contribution >= 4 is 31.8 Å². The second-order valence-electron chi connectivity index (χ2n) is 4.71. The van der Waals surface area contributed by atoms with Crippen LogP contribution in [-0.2, 0) is 16.6 Å². The molecule has 2 aromatic rings. The Morgan fingerprint density at radius 3 is 2.59 bits per heavy atom. The Hall–Kier alpha value is -1.64. The maximum Gasteiger partial charge on any atom is 0.239 e. The molecule has 1 aromatic heterocycles. The lowest BCUT2D eigenvalue weighted by molar-refractivity contribution is 0.409. The van der Waals surface area contributed by atoms with E-state index in [9.17, 15) is 8.42 Å². The highest BCUT2D eigenvalue weighted by atomic mass is 79.9. The predicted molar refractivity (Wildman–Crippen MR) is 88.4 cm³/mol. The van der Waals surface area contributed by atoms with Crippen LogP contribution in [-0.4, -0.2) is 27.6 Å². The largest absolute Gasteiger partial charge is 0.496 e. The van der Waals surface area contributed by atoms with Crippen LogP contribution in [0.5, 0.6) is 5.75 Å². The smallest absolute Gasteiger partial charge is 0.239 e. The van der Waals surface area contributed by atoms with Crippen LogP contribution in [0.3, 0.4) is 0 Å². The molecular formula is C14H16BrN3O3S. The zero-order valence-corrected chi connectivity index (χ0v) is 14.6. The highest BCUT2D eigenvalue weighted by molar-refractivity contribution is 9.10. The molecule has 1 aromatic carbocycles. The van der Waals surface area contributed by atoms with Gasteiger partial charge in [0.15, 0.2) is 0 Å². The van der Waals surface area contributed by atoms with E-state index in [0.717, 1.165) is 15.8 Å². The number of sulfonamides is 1. The second-order valence-corrected chi connectivity index (χ2v) is 7.19. The van der Waals surface area contributed by atoms with Crippen molar-refractivity contribution in [1.29, 1.82) is 0 Å². The van der Waals surface area contributed by atoms with E-state index in [1.165, 1.54) is 12.3 Å². The van der Waals surface area contributed by atoms with E-state index >= 15 is 0 Å². The van der Waals surface area contributed by atoms with Crippen molar-refractivity contribution < 1.29 is 13.2 Å². The molecule has 0 aliphatic carbocycles. The summed E-state index contributed by atoms with van der Waals surface area (Å²) in [6, 6.07) is 8.80. The number of hydrogen-bond donors (Lipinski definition) is 1. The number of pyridine rings is 1. The van der Waals surface area contributed by atoms with Crippen molar-refractivity contribution in [3.63, 3.8) is 0 Å². The van der Waals surface area contributed by atoms with E-state index in [4.69, 9.17) is 9.88 Å². The zero-order valence-electron chi connectivity index (χ0n) is 12.2. The van der Waals surface area contributed by atoms with E-state index in [2.05, 4.69) is 20.9 Å². The van der Waals surface area contributed by atoms with E-state index in [1.807, 2.05) is 30.1 Å². The predicted octanol–water partition coefficient (Wildman–Crippen LogP) is 2.14. The molecular weight excluding hydrogens is 370 g/mol. The number of aromatic nitrogens is 1. The van der Waals surface area contributed by atoms with Gasteiger partial charge in [0, 0.05) is 29.8 Å². The first-order valence-electron chi connectivity index (χ1n) is 6.33. The van der Waals surface area contributed by atoms with Gasteiger partial charge in [0.05, 0.1) is 7.11 Å². The van der Waals surface area contributed by atoms with Crippen LogP contribution in [0.25, 0.3) is 0 Å². The molecule has 0 saturated carbocycles. The van der Waals surface area contributed by atoms with E-state index in [1.54, 1.807) is 13.2 Å². The maximum atomic E-state index is 11.2. The minimum atomic E-state index is -3.73. The molecule has 0 fully saturated rings. The number of nitrogens with zero attached hydrogens (tertiary/aromatic N) is 2. The number of nitrogens with two attached hydrogens (primary N) is 1. The molecule has 0 aliphatic heterocycles. The fourth-order valence-electron chi connectivity index (χ4n) is 1.97. The summed E-state index contributed by atoms with van der Waals surface area (Å²) >= 11 is 3.43. The normalized spacial score (nSPS) is 11.3. The summed E-state index contributed by atoms with van der Waals surface area (Å²) in [5, 5.41) is 5.06. The van der Waals surface area contributed by atoms with Crippen molar-refractivity contribution in [1.82, 2.24) is 4.98 Å². The number of rotatable bonds is 5. The number of halogens is 1. The molecule has 6 nitrogen and oxygen atoms in total. The first kappa shape index (κ1) is 16.7. The zero-order chi connectivity index (χ0) is 16.3. The molecule has 0 radical (unpaired) electrons. The molecule has 0 amide bonds. The Morgan fingerprint density at radius 2 is 2.05 bits per heavy atom. The monoisotopic (exact) mass is 385 g/mol. The van der Waals surface area contributed by atoms with Crippen LogP contribution in [0.1, 0.15) is 5.56 Å². The lowest BCUT2D eigenvalue weighted by Crippen LogP contribution is -2.19. The number of ether oxygens (including phenoxy) is 1. The van der Waals surface area contributed by atoms with Gasteiger partial charge in [0.25, 0.3) is 0 Å². The van der Waals surface area contributed by atoms with E-state index in [-0.39, 0.29) is 4.90 Å². The minimum Gasteiger partial charge on any atom is -0.496 e. The number of methoxy groups -OCH3 is 1.